The van der Waals surface area contributed by atoms with Gasteiger partial charge >= 0.3 is 0 Å². The molecular weight excluding hydrogens is 190 g/mol. The van der Waals surface area contributed by atoms with Crippen LogP contribution in [0.2, 0.25) is 0 Å². The first-order valence-electron chi connectivity index (χ1n) is 4.50. The molecule has 0 spiro atoms. The molecular formula is C11H9N3O. The van der Waals surface area contributed by atoms with Crippen molar-refractivity contribution in [2.45, 2.75) is 0 Å². The van der Waals surface area contributed by atoms with Crippen molar-refractivity contribution in [3.63, 3.8) is 0 Å². The fourth-order valence-electron chi connectivity index (χ4n) is 1.18. The summed E-state index contributed by atoms with van der Waals surface area (Å²) in [4.78, 5) is 14.2. The van der Waals surface area contributed by atoms with Crippen LogP contribution in [0.4, 0.5) is 17.2 Å². The second-order valence-corrected chi connectivity index (χ2v) is 2.98. The second kappa shape index (κ2) is 4.32. The zero-order chi connectivity index (χ0) is 10.5. The number of benzene rings is 1. The Bertz CT molecular complexity index is 439. The van der Waals surface area contributed by atoms with Crippen LogP contribution < -0.4 is 5.32 Å². The molecule has 1 heterocycles. The number of rotatable bonds is 3. The zero-order valence-electron chi connectivity index (χ0n) is 7.92. The Hall–Kier alpha value is -2.23. The number of hydrogen-bond donors (Lipinski definition) is 1. The van der Waals surface area contributed by atoms with E-state index in [1.54, 1.807) is 12.1 Å². The van der Waals surface area contributed by atoms with Gasteiger partial charge in [-0.1, -0.05) is 18.2 Å². The van der Waals surface area contributed by atoms with E-state index in [-0.39, 0.29) is 0 Å². The first-order chi connectivity index (χ1) is 7.38. The van der Waals surface area contributed by atoms with E-state index in [1.807, 2.05) is 30.3 Å². The molecule has 4 nitrogen and oxygen atoms in total. The molecule has 15 heavy (non-hydrogen) atoms. The number of para-hydroxylation sites is 1. The minimum atomic E-state index is 0.327. The highest BCUT2D eigenvalue weighted by Crippen LogP contribution is 2.16. The zero-order valence-corrected chi connectivity index (χ0v) is 7.92. The molecule has 0 amide bonds. The lowest BCUT2D eigenvalue weighted by Gasteiger charge is -2.03. The molecule has 0 unspecified atom stereocenters. The molecule has 4 heteroatoms. The van der Waals surface area contributed by atoms with Crippen LogP contribution in [-0.4, -0.2) is 4.98 Å². The van der Waals surface area contributed by atoms with Gasteiger partial charge in [-0.25, -0.2) is 4.98 Å². The van der Waals surface area contributed by atoms with Crippen molar-refractivity contribution >= 4 is 17.2 Å². The minimum absolute atomic E-state index is 0.327. The summed E-state index contributed by atoms with van der Waals surface area (Å²) in [6, 6.07) is 13.0. The standard InChI is InChI=1S/C11H9N3O/c15-14-10-6-7-11(12-8-10)13-9-4-2-1-3-5-9/h1-8H,(H,12,13). The smallest absolute Gasteiger partial charge is 0.130 e. The first-order valence-corrected chi connectivity index (χ1v) is 4.50. The van der Waals surface area contributed by atoms with Gasteiger partial charge in [0.1, 0.15) is 11.5 Å². The predicted molar refractivity (Wildman–Crippen MR) is 59.4 cm³/mol. The van der Waals surface area contributed by atoms with E-state index < -0.39 is 0 Å². The molecule has 0 aliphatic heterocycles. The van der Waals surface area contributed by atoms with E-state index >= 15 is 0 Å². The minimum Gasteiger partial charge on any atom is -0.340 e. The van der Waals surface area contributed by atoms with Gasteiger partial charge in [-0.3, -0.25) is 0 Å². The molecule has 0 radical (unpaired) electrons. The number of anilines is 2. The van der Waals surface area contributed by atoms with Gasteiger partial charge in [0.15, 0.2) is 0 Å². The molecule has 0 aliphatic rings. The molecule has 2 rings (SSSR count). The van der Waals surface area contributed by atoms with Crippen LogP contribution in [0.15, 0.2) is 53.8 Å². The van der Waals surface area contributed by atoms with Crippen molar-refractivity contribution in [3.8, 4) is 0 Å². The molecule has 0 saturated heterocycles. The van der Waals surface area contributed by atoms with Gasteiger partial charge in [0.05, 0.1) is 6.20 Å². The summed E-state index contributed by atoms with van der Waals surface area (Å²) < 4.78 is 0. The number of nitrogens with zero attached hydrogens (tertiary/aromatic N) is 2. The summed E-state index contributed by atoms with van der Waals surface area (Å²) in [6.45, 7) is 0. The summed E-state index contributed by atoms with van der Waals surface area (Å²) in [5.74, 6) is 0.689. The fraction of sp³-hybridized carbons (Fsp3) is 0. The van der Waals surface area contributed by atoms with Crippen LogP contribution in [0.5, 0.6) is 0 Å². The summed E-state index contributed by atoms with van der Waals surface area (Å²) >= 11 is 0. The third-order valence-corrected chi connectivity index (χ3v) is 1.90. The van der Waals surface area contributed by atoms with Crippen molar-refractivity contribution in [2.75, 3.05) is 5.32 Å². The van der Waals surface area contributed by atoms with E-state index in [9.17, 15) is 4.91 Å². The lowest BCUT2D eigenvalue weighted by molar-refractivity contribution is 1.29. The molecule has 0 fully saturated rings. The highest BCUT2D eigenvalue weighted by molar-refractivity contribution is 5.56. The van der Waals surface area contributed by atoms with E-state index in [0.29, 0.717) is 11.5 Å². The van der Waals surface area contributed by atoms with E-state index in [1.165, 1.54) is 6.20 Å². The SMILES string of the molecule is O=Nc1ccc(Nc2ccccc2)nc1. The maximum absolute atomic E-state index is 10.2. The average Bonchev–Trinajstić information content (AvgIpc) is 2.31. The van der Waals surface area contributed by atoms with Crippen molar-refractivity contribution < 1.29 is 0 Å². The summed E-state index contributed by atoms with van der Waals surface area (Å²) in [7, 11) is 0. The molecule has 1 aromatic carbocycles. The number of aromatic nitrogens is 1. The maximum Gasteiger partial charge on any atom is 0.130 e. The van der Waals surface area contributed by atoms with Gasteiger partial charge in [0.2, 0.25) is 0 Å². The van der Waals surface area contributed by atoms with Gasteiger partial charge in [0.25, 0.3) is 0 Å². The van der Waals surface area contributed by atoms with Gasteiger partial charge in [-0.2, -0.15) is 0 Å². The molecule has 1 aromatic heterocycles. The lowest BCUT2D eigenvalue weighted by atomic mass is 10.3. The highest BCUT2D eigenvalue weighted by atomic mass is 16.3. The summed E-state index contributed by atoms with van der Waals surface area (Å²) in [5.41, 5.74) is 1.28. The van der Waals surface area contributed by atoms with Gasteiger partial charge in [-0.15, -0.1) is 4.91 Å². The van der Waals surface area contributed by atoms with Crippen LogP contribution in [-0.2, 0) is 0 Å². The normalized spacial score (nSPS) is 9.60. The van der Waals surface area contributed by atoms with Crippen molar-refractivity contribution in [1.29, 1.82) is 0 Å². The van der Waals surface area contributed by atoms with E-state index in [2.05, 4.69) is 15.5 Å². The van der Waals surface area contributed by atoms with Crippen LogP contribution in [0, 0.1) is 4.91 Å². The Balaban J connectivity index is 2.15. The predicted octanol–water partition coefficient (Wildman–Crippen LogP) is 3.22. The molecule has 74 valence electrons. The van der Waals surface area contributed by atoms with Crippen LogP contribution in [0.25, 0.3) is 0 Å². The Morgan fingerprint density at radius 2 is 1.87 bits per heavy atom. The third kappa shape index (κ3) is 2.37. The van der Waals surface area contributed by atoms with Gasteiger partial charge in [0, 0.05) is 5.69 Å². The number of nitroso groups, excluding NO2 is 1. The summed E-state index contributed by atoms with van der Waals surface area (Å²) in [6.07, 6.45) is 1.43. The fourth-order valence-corrected chi connectivity index (χ4v) is 1.18. The first kappa shape index (κ1) is 9.33. The largest absolute Gasteiger partial charge is 0.340 e. The Morgan fingerprint density at radius 3 is 2.47 bits per heavy atom. The van der Waals surface area contributed by atoms with Crippen molar-refractivity contribution in [1.82, 2.24) is 4.98 Å². The molecule has 0 saturated carbocycles. The molecule has 2 aromatic rings. The van der Waals surface area contributed by atoms with Gasteiger partial charge in [-0.05, 0) is 29.4 Å². The molecule has 0 aliphatic carbocycles. The van der Waals surface area contributed by atoms with Crippen LogP contribution in [0.1, 0.15) is 0 Å². The quantitative estimate of drug-likeness (QED) is 0.772. The number of nitrogens with one attached hydrogen (secondary N) is 1. The van der Waals surface area contributed by atoms with E-state index in [4.69, 9.17) is 0 Å². The maximum atomic E-state index is 10.2. The average molecular weight is 199 g/mol. The second-order valence-electron chi connectivity index (χ2n) is 2.98. The topological polar surface area (TPSA) is 54.4 Å². The molecule has 1 N–H and O–H groups in total. The molecule has 0 atom stereocenters. The van der Waals surface area contributed by atoms with Crippen molar-refractivity contribution in [3.05, 3.63) is 53.6 Å². The molecule has 0 bridgehead atoms. The number of hydrogen-bond acceptors (Lipinski definition) is 4. The van der Waals surface area contributed by atoms with Crippen LogP contribution >= 0.6 is 0 Å². The summed E-state index contributed by atoms with van der Waals surface area (Å²) in [5, 5.41) is 5.88. The highest BCUT2D eigenvalue weighted by Gasteiger charge is 1.95. The monoisotopic (exact) mass is 199 g/mol. The van der Waals surface area contributed by atoms with Crippen molar-refractivity contribution in [2.24, 2.45) is 5.18 Å². The number of pyridine rings is 1. The van der Waals surface area contributed by atoms with Crippen LogP contribution in [0.3, 0.4) is 0 Å². The third-order valence-electron chi connectivity index (χ3n) is 1.90. The Labute approximate surface area is 87.0 Å². The Kier molecular flexibility index (Phi) is 2.69. The van der Waals surface area contributed by atoms with E-state index in [0.717, 1.165) is 5.69 Å². The lowest BCUT2D eigenvalue weighted by Crippen LogP contribution is -1.91. The van der Waals surface area contributed by atoms with Gasteiger partial charge < -0.3 is 5.32 Å². The Morgan fingerprint density at radius 1 is 1.07 bits per heavy atom.